The minimum Gasteiger partial charge on any atom is -0.456 e. The molecule has 1 saturated heterocycles. The summed E-state index contributed by atoms with van der Waals surface area (Å²) in [6, 6.07) is 13.0. The van der Waals surface area contributed by atoms with E-state index in [9.17, 15) is 18.0 Å². The van der Waals surface area contributed by atoms with E-state index in [0.29, 0.717) is 43.7 Å². The van der Waals surface area contributed by atoms with Crippen LogP contribution in [0.3, 0.4) is 0 Å². The smallest absolute Gasteiger partial charge is 0.455 e. The number of halogens is 4. The van der Waals surface area contributed by atoms with Crippen molar-refractivity contribution >= 4 is 39.9 Å². The van der Waals surface area contributed by atoms with Gasteiger partial charge in [0.15, 0.2) is 0 Å². The third-order valence-corrected chi connectivity index (χ3v) is 8.95. The van der Waals surface area contributed by atoms with Crippen LogP contribution >= 0.6 is 11.6 Å². The van der Waals surface area contributed by atoms with Gasteiger partial charge in [-0.25, -0.2) is 9.78 Å². The average Bonchev–Trinajstić information content (AvgIpc) is 3.57. The highest BCUT2D eigenvalue weighted by atomic mass is 35.5. The Morgan fingerprint density at radius 3 is 2.62 bits per heavy atom. The first kappa shape index (κ1) is 32.4. The second kappa shape index (κ2) is 12.1. The van der Waals surface area contributed by atoms with Crippen LogP contribution in [-0.2, 0) is 28.3 Å². The number of nitrogens with one attached hydrogen (secondary N) is 1. The Kier molecular flexibility index (Phi) is 8.16. The maximum atomic E-state index is 14.6. The molecule has 7 rings (SSSR count). The Balaban J connectivity index is 1.13. The van der Waals surface area contributed by atoms with Crippen LogP contribution in [0.25, 0.3) is 16.6 Å². The number of rotatable bonds is 7. The van der Waals surface area contributed by atoms with Crippen molar-refractivity contribution in [3.63, 3.8) is 0 Å². The zero-order valence-corrected chi connectivity index (χ0v) is 27.5. The molecule has 1 fully saturated rings. The minimum absolute atomic E-state index is 0.0703. The van der Waals surface area contributed by atoms with Crippen molar-refractivity contribution in [1.82, 2.24) is 19.4 Å². The maximum Gasteiger partial charge on any atom is 0.455 e. The van der Waals surface area contributed by atoms with E-state index < -0.39 is 23.5 Å². The molecule has 3 aliphatic heterocycles. The molecule has 48 heavy (non-hydrogen) atoms. The molecule has 5 heterocycles. The molecule has 2 aromatic heterocycles. The summed E-state index contributed by atoms with van der Waals surface area (Å²) in [5.74, 6) is 0.554. The average molecular weight is 682 g/mol. The molecule has 13 heteroatoms. The molecule has 3 aliphatic rings. The highest BCUT2D eigenvalue weighted by Gasteiger charge is 2.63. The van der Waals surface area contributed by atoms with Gasteiger partial charge in [-0.15, -0.1) is 0 Å². The number of pyridine rings is 1. The molecular formula is C35H35ClF3N5O4. The molecular weight excluding hydrogens is 647 g/mol. The Hall–Kier alpha value is -4.13. The number of carbonyl (C=O) groups is 1. The first-order chi connectivity index (χ1) is 22.8. The summed E-state index contributed by atoms with van der Waals surface area (Å²) in [6.07, 6.45) is 0.0175. The van der Waals surface area contributed by atoms with Crippen molar-refractivity contribution in [2.24, 2.45) is 0 Å². The molecule has 0 amide bonds. The van der Waals surface area contributed by atoms with Crippen LogP contribution < -0.4 is 10.1 Å². The summed E-state index contributed by atoms with van der Waals surface area (Å²) >= 11 is 5.91. The second-order valence-corrected chi connectivity index (χ2v) is 13.7. The van der Waals surface area contributed by atoms with Gasteiger partial charge in [0.1, 0.15) is 22.9 Å². The fourth-order valence-electron chi connectivity index (χ4n) is 6.25. The van der Waals surface area contributed by atoms with Gasteiger partial charge in [-0.2, -0.15) is 13.2 Å². The summed E-state index contributed by atoms with van der Waals surface area (Å²) in [5.41, 5.74) is 0.119. The standard InChI is InChI=1S/C35H35ClF3N5O4/c1-33(2,3)48-32(45)22-7-9-26-27(17-22)44(19-24-13-16-46-24)30(41-26)20-43-14-11-21(12-15-43)25-5-4-6-28-31(25)42-34(47-28,35(37,38)39)29-10-8-23(36)18-40-29/h4-11,17-18,24,42H,12-16,19-20H2,1-3H3/t24-,34?/m0/s1. The number of hydrogen-bond acceptors (Lipinski definition) is 8. The quantitative estimate of drug-likeness (QED) is 0.203. The lowest BCUT2D eigenvalue weighted by Gasteiger charge is -2.31. The Morgan fingerprint density at radius 2 is 1.98 bits per heavy atom. The number of fused-ring (bicyclic) bond motifs is 2. The number of benzene rings is 2. The first-order valence-corrected chi connectivity index (χ1v) is 16.2. The molecule has 4 aromatic rings. The maximum absolute atomic E-state index is 14.6. The van der Waals surface area contributed by atoms with Gasteiger partial charge in [0, 0.05) is 31.5 Å². The van der Waals surface area contributed by atoms with Crippen molar-refractivity contribution in [1.29, 1.82) is 0 Å². The molecule has 0 saturated carbocycles. The van der Waals surface area contributed by atoms with Crippen LogP contribution in [0.1, 0.15) is 61.1 Å². The molecule has 0 aliphatic carbocycles. The second-order valence-electron chi connectivity index (χ2n) is 13.3. The molecule has 2 atom stereocenters. The van der Waals surface area contributed by atoms with Gasteiger partial charge in [0.05, 0.1) is 46.5 Å². The number of ether oxygens (including phenoxy) is 3. The number of aromatic nitrogens is 3. The van der Waals surface area contributed by atoms with Gasteiger partial charge in [-0.05, 0) is 75.6 Å². The van der Waals surface area contributed by atoms with E-state index in [0.717, 1.165) is 35.5 Å². The van der Waals surface area contributed by atoms with Crippen molar-refractivity contribution < 1.29 is 32.2 Å². The van der Waals surface area contributed by atoms with E-state index in [-0.39, 0.29) is 28.3 Å². The Morgan fingerprint density at radius 1 is 1.17 bits per heavy atom. The predicted octanol–water partition coefficient (Wildman–Crippen LogP) is 7.34. The number of esters is 1. The molecule has 2 aromatic carbocycles. The van der Waals surface area contributed by atoms with Crippen molar-refractivity contribution in [2.45, 2.75) is 70.3 Å². The SMILES string of the molecule is CC(C)(C)OC(=O)c1ccc2nc(CN3CC=C(c4cccc5c4NC(c4ccc(Cl)cn4)(C(F)(F)F)O5)CC3)n(C[C@@H]3CCO3)c2c1. The van der Waals surface area contributed by atoms with Crippen molar-refractivity contribution in [3.05, 3.63) is 88.5 Å². The number of imidazole rings is 1. The molecule has 0 spiro atoms. The van der Waals surface area contributed by atoms with E-state index in [2.05, 4.69) is 19.8 Å². The topological polar surface area (TPSA) is 90.7 Å². The van der Waals surface area contributed by atoms with E-state index in [4.69, 9.17) is 30.8 Å². The Bertz CT molecular complexity index is 1900. The van der Waals surface area contributed by atoms with E-state index in [1.807, 2.05) is 39.0 Å². The van der Waals surface area contributed by atoms with Crippen LogP contribution in [0.4, 0.5) is 18.9 Å². The minimum atomic E-state index is -4.81. The lowest BCUT2D eigenvalue weighted by molar-refractivity contribution is -0.239. The third kappa shape index (κ3) is 6.12. The molecule has 0 bridgehead atoms. The molecule has 9 nitrogen and oxygen atoms in total. The first-order valence-electron chi connectivity index (χ1n) is 15.8. The molecule has 0 radical (unpaired) electrons. The van der Waals surface area contributed by atoms with Crippen LogP contribution in [0.5, 0.6) is 5.75 Å². The largest absolute Gasteiger partial charge is 0.456 e. The lowest BCUT2D eigenvalue weighted by atomic mass is 9.97. The van der Waals surface area contributed by atoms with Crippen LogP contribution in [0, 0.1) is 0 Å². The van der Waals surface area contributed by atoms with E-state index >= 15 is 0 Å². The third-order valence-electron chi connectivity index (χ3n) is 8.72. The number of alkyl halides is 3. The number of para-hydroxylation sites is 1. The van der Waals surface area contributed by atoms with E-state index in [1.165, 1.54) is 24.4 Å². The summed E-state index contributed by atoms with van der Waals surface area (Å²) in [5, 5.41) is 2.88. The van der Waals surface area contributed by atoms with Gasteiger partial charge >= 0.3 is 17.9 Å². The molecule has 1 N–H and O–H groups in total. The van der Waals surface area contributed by atoms with Crippen LogP contribution in [-0.4, -0.2) is 63.0 Å². The number of hydrogen-bond donors (Lipinski definition) is 1. The van der Waals surface area contributed by atoms with Crippen molar-refractivity contribution in [3.8, 4) is 5.75 Å². The van der Waals surface area contributed by atoms with Gasteiger partial charge < -0.3 is 24.1 Å². The predicted molar refractivity (Wildman–Crippen MR) is 175 cm³/mol. The number of anilines is 1. The zero-order valence-electron chi connectivity index (χ0n) is 26.7. The van der Waals surface area contributed by atoms with Gasteiger partial charge in [-0.1, -0.05) is 29.8 Å². The van der Waals surface area contributed by atoms with Gasteiger partial charge in [0.2, 0.25) is 0 Å². The summed E-state index contributed by atoms with van der Waals surface area (Å²) in [6.45, 7) is 8.61. The monoisotopic (exact) mass is 681 g/mol. The summed E-state index contributed by atoms with van der Waals surface area (Å²) < 4.78 is 63.0. The molecule has 1 unspecified atom stereocenters. The summed E-state index contributed by atoms with van der Waals surface area (Å²) in [7, 11) is 0. The Labute approximate surface area is 280 Å². The molecule has 252 valence electrons. The van der Waals surface area contributed by atoms with Crippen LogP contribution in [0.15, 0.2) is 60.8 Å². The highest BCUT2D eigenvalue weighted by molar-refractivity contribution is 6.30. The normalized spacial score (nSPS) is 21.2. The highest BCUT2D eigenvalue weighted by Crippen LogP contribution is 2.52. The fourth-order valence-corrected chi connectivity index (χ4v) is 6.36. The number of nitrogens with zero attached hydrogens (tertiary/aromatic N) is 4. The summed E-state index contributed by atoms with van der Waals surface area (Å²) in [4.78, 5) is 24.0. The van der Waals surface area contributed by atoms with E-state index in [1.54, 1.807) is 18.2 Å². The zero-order chi connectivity index (χ0) is 33.8. The fraction of sp³-hybridized carbons (Fsp3) is 0.400. The van der Waals surface area contributed by atoms with Gasteiger partial charge in [0.25, 0.3) is 0 Å². The lowest BCUT2D eigenvalue weighted by Crippen LogP contribution is -2.51. The van der Waals surface area contributed by atoms with Gasteiger partial charge in [-0.3, -0.25) is 9.88 Å². The van der Waals surface area contributed by atoms with Crippen LogP contribution in [0.2, 0.25) is 5.02 Å². The van der Waals surface area contributed by atoms with Crippen molar-refractivity contribution in [2.75, 3.05) is 25.0 Å². The number of carbonyl (C=O) groups excluding carboxylic acids is 1.